The molecular formula is C14H12F3NO. The first kappa shape index (κ1) is 13.4. The molecule has 0 unspecified atom stereocenters. The second kappa shape index (κ2) is 4.91. The van der Waals surface area contributed by atoms with Crippen LogP contribution < -0.4 is 4.74 Å². The van der Waals surface area contributed by atoms with Gasteiger partial charge in [-0.3, -0.25) is 4.98 Å². The summed E-state index contributed by atoms with van der Waals surface area (Å²) in [6, 6.07) is 9.63. The van der Waals surface area contributed by atoms with Crippen LogP contribution in [0.5, 0.6) is 5.75 Å². The summed E-state index contributed by atoms with van der Waals surface area (Å²) >= 11 is 0. The van der Waals surface area contributed by atoms with Crippen LogP contribution in [0.1, 0.15) is 11.3 Å². The summed E-state index contributed by atoms with van der Waals surface area (Å²) in [5.74, 6) is -0.239. The van der Waals surface area contributed by atoms with E-state index in [4.69, 9.17) is 0 Å². The van der Waals surface area contributed by atoms with Crippen LogP contribution in [-0.2, 0) is 0 Å². The van der Waals surface area contributed by atoms with E-state index in [1.807, 2.05) is 26.0 Å². The van der Waals surface area contributed by atoms with Crippen molar-refractivity contribution in [1.82, 2.24) is 4.98 Å². The molecule has 5 heteroatoms. The molecule has 1 heterocycles. The fourth-order valence-electron chi connectivity index (χ4n) is 1.77. The summed E-state index contributed by atoms with van der Waals surface area (Å²) in [4.78, 5) is 4.31. The van der Waals surface area contributed by atoms with Crippen molar-refractivity contribution < 1.29 is 17.9 Å². The van der Waals surface area contributed by atoms with Gasteiger partial charge in [0.15, 0.2) is 0 Å². The van der Waals surface area contributed by atoms with Crippen LogP contribution >= 0.6 is 0 Å². The van der Waals surface area contributed by atoms with Crippen molar-refractivity contribution in [2.24, 2.45) is 0 Å². The molecule has 0 saturated heterocycles. The maximum absolute atomic E-state index is 12.2. The third-order valence-electron chi connectivity index (χ3n) is 2.61. The van der Waals surface area contributed by atoms with Gasteiger partial charge in [-0.25, -0.2) is 0 Å². The quantitative estimate of drug-likeness (QED) is 0.810. The monoisotopic (exact) mass is 267 g/mol. The molecule has 0 spiro atoms. The van der Waals surface area contributed by atoms with Crippen molar-refractivity contribution in [3.63, 3.8) is 0 Å². The zero-order valence-electron chi connectivity index (χ0n) is 10.5. The Morgan fingerprint density at radius 3 is 2.42 bits per heavy atom. The Morgan fingerprint density at radius 2 is 1.79 bits per heavy atom. The van der Waals surface area contributed by atoms with Gasteiger partial charge in [-0.15, -0.1) is 13.2 Å². The molecule has 1 aromatic carbocycles. The number of rotatable bonds is 2. The van der Waals surface area contributed by atoms with Gasteiger partial charge in [0.1, 0.15) is 5.75 Å². The second-order valence-electron chi connectivity index (χ2n) is 4.19. The van der Waals surface area contributed by atoms with Gasteiger partial charge in [-0.2, -0.15) is 0 Å². The van der Waals surface area contributed by atoms with Crippen LogP contribution in [0.3, 0.4) is 0 Å². The van der Waals surface area contributed by atoms with Crippen LogP contribution in [0.4, 0.5) is 13.2 Å². The minimum absolute atomic E-state index is 0.239. The minimum atomic E-state index is -4.69. The van der Waals surface area contributed by atoms with E-state index in [2.05, 4.69) is 9.72 Å². The van der Waals surface area contributed by atoms with Crippen LogP contribution in [0.25, 0.3) is 11.3 Å². The first-order valence-electron chi connectivity index (χ1n) is 5.65. The maximum atomic E-state index is 12.2. The zero-order chi connectivity index (χ0) is 14.0. The molecule has 0 aliphatic rings. The number of hydrogen-bond acceptors (Lipinski definition) is 2. The number of halogens is 3. The van der Waals surface area contributed by atoms with E-state index in [-0.39, 0.29) is 5.75 Å². The highest BCUT2D eigenvalue weighted by molar-refractivity contribution is 5.65. The lowest BCUT2D eigenvalue weighted by atomic mass is 10.0. The molecule has 0 saturated carbocycles. The van der Waals surface area contributed by atoms with Gasteiger partial charge in [-0.05, 0) is 43.7 Å². The van der Waals surface area contributed by atoms with Crippen LogP contribution in [0.2, 0.25) is 0 Å². The number of ether oxygens (including phenoxy) is 1. The highest BCUT2D eigenvalue weighted by Gasteiger charge is 2.31. The van der Waals surface area contributed by atoms with Crippen LogP contribution in [-0.4, -0.2) is 11.3 Å². The molecule has 0 aliphatic heterocycles. The molecule has 0 N–H and O–H groups in total. The predicted octanol–water partition coefficient (Wildman–Crippen LogP) is 4.26. The number of nitrogens with zero attached hydrogens (tertiary/aromatic N) is 1. The minimum Gasteiger partial charge on any atom is -0.406 e. The topological polar surface area (TPSA) is 22.1 Å². The molecule has 0 bridgehead atoms. The van der Waals surface area contributed by atoms with Crippen molar-refractivity contribution in [2.75, 3.05) is 0 Å². The largest absolute Gasteiger partial charge is 0.573 e. The first-order valence-corrected chi connectivity index (χ1v) is 5.65. The molecule has 2 nitrogen and oxygen atoms in total. The average molecular weight is 267 g/mol. The Bertz CT molecular complexity index is 593. The average Bonchev–Trinajstić information content (AvgIpc) is 2.30. The van der Waals surface area contributed by atoms with Crippen LogP contribution in [0, 0.1) is 13.8 Å². The maximum Gasteiger partial charge on any atom is 0.573 e. The molecule has 0 atom stereocenters. The van der Waals surface area contributed by atoms with E-state index in [9.17, 15) is 13.2 Å². The molecule has 0 aliphatic carbocycles. The van der Waals surface area contributed by atoms with Crippen molar-refractivity contribution in [2.45, 2.75) is 20.2 Å². The summed E-state index contributed by atoms with van der Waals surface area (Å²) in [5.41, 5.74) is 2.90. The number of alkyl halides is 3. The van der Waals surface area contributed by atoms with E-state index in [1.54, 1.807) is 12.1 Å². The lowest BCUT2D eigenvalue weighted by Crippen LogP contribution is -2.17. The molecule has 2 aromatic rings. The fourth-order valence-corrected chi connectivity index (χ4v) is 1.77. The van der Waals surface area contributed by atoms with Gasteiger partial charge in [0.05, 0.1) is 5.69 Å². The molecule has 100 valence electrons. The Kier molecular flexibility index (Phi) is 3.46. The number of aromatic nitrogens is 1. The number of pyridine rings is 1. The van der Waals surface area contributed by atoms with E-state index in [1.165, 1.54) is 12.1 Å². The van der Waals surface area contributed by atoms with E-state index in [0.717, 1.165) is 11.3 Å². The smallest absolute Gasteiger partial charge is 0.406 e. The summed E-state index contributed by atoms with van der Waals surface area (Å²) in [7, 11) is 0. The van der Waals surface area contributed by atoms with Gasteiger partial charge in [-0.1, -0.05) is 12.1 Å². The van der Waals surface area contributed by atoms with Gasteiger partial charge in [0, 0.05) is 11.3 Å². The Morgan fingerprint density at radius 1 is 1.05 bits per heavy atom. The van der Waals surface area contributed by atoms with Crippen molar-refractivity contribution in [3.05, 3.63) is 47.7 Å². The van der Waals surface area contributed by atoms with Gasteiger partial charge >= 0.3 is 6.36 Å². The third kappa shape index (κ3) is 3.47. The number of hydrogen-bond donors (Lipinski definition) is 0. The van der Waals surface area contributed by atoms with E-state index >= 15 is 0 Å². The van der Waals surface area contributed by atoms with E-state index in [0.29, 0.717) is 11.3 Å². The van der Waals surface area contributed by atoms with Crippen molar-refractivity contribution in [3.8, 4) is 17.0 Å². The standard InChI is InChI=1S/C14H12F3NO/c1-9-6-7-11(19-14(15,16)17)8-12(9)13-5-3-4-10(2)18-13/h3-8H,1-2H3. The Hall–Kier alpha value is -2.04. The lowest BCUT2D eigenvalue weighted by molar-refractivity contribution is -0.274. The Balaban J connectivity index is 2.43. The number of benzene rings is 1. The summed E-state index contributed by atoms with van der Waals surface area (Å²) in [6.07, 6.45) is -4.69. The lowest BCUT2D eigenvalue weighted by Gasteiger charge is -2.12. The van der Waals surface area contributed by atoms with E-state index < -0.39 is 6.36 Å². The molecule has 1 aromatic heterocycles. The highest BCUT2D eigenvalue weighted by atomic mass is 19.4. The van der Waals surface area contributed by atoms with Crippen LogP contribution in [0.15, 0.2) is 36.4 Å². The summed E-state index contributed by atoms with van der Waals surface area (Å²) < 4.78 is 40.5. The highest BCUT2D eigenvalue weighted by Crippen LogP contribution is 2.29. The molecular weight excluding hydrogens is 255 g/mol. The summed E-state index contributed by atoms with van der Waals surface area (Å²) in [5, 5.41) is 0. The molecule has 0 amide bonds. The summed E-state index contributed by atoms with van der Waals surface area (Å²) in [6.45, 7) is 3.64. The third-order valence-corrected chi connectivity index (χ3v) is 2.61. The normalized spacial score (nSPS) is 11.4. The predicted molar refractivity (Wildman–Crippen MR) is 65.8 cm³/mol. The molecule has 19 heavy (non-hydrogen) atoms. The molecule has 0 fully saturated rings. The fraction of sp³-hybridized carbons (Fsp3) is 0.214. The van der Waals surface area contributed by atoms with Crippen molar-refractivity contribution in [1.29, 1.82) is 0 Å². The molecule has 2 rings (SSSR count). The van der Waals surface area contributed by atoms with Crippen molar-refractivity contribution >= 4 is 0 Å². The SMILES string of the molecule is Cc1cccc(-c2cc(OC(F)(F)F)ccc2C)n1. The number of aryl methyl sites for hydroxylation is 2. The molecule has 0 radical (unpaired) electrons. The second-order valence-corrected chi connectivity index (χ2v) is 4.19. The Labute approximate surface area is 108 Å². The van der Waals surface area contributed by atoms with Gasteiger partial charge in [0.2, 0.25) is 0 Å². The zero-order valence-corrected chi connectivity index (χ0v) is 10.5. The van der Waals surface area contributed by atoms with Gasteiger partial charge in [0.25, 0.3) is 0 Å². The van der Waals surface area contributed by atoms with Gasteiger partial charge < -0.3 is 4.74 Å². The first-order chi connectivity index (χ1) is 8.85.